The molecular weight excluding hydrogens is 378 g/mol. The molecule has 2 aromatic carbocycles. The number of hydrogen-bond donors (Lipinski definition) is 0. The average molecular weight is 400 g/mol. The van der Waals surface area contributed by atoms with Gasteiger partial charge in [0.05, 0.1) is 10.2 Å². The van der Waals surface area contributed by atoms with Crippen molar-refractivity contribution in [2.75, 3.05) is 11.4 Å². The quantitative estimate of drug-likeness (QED) is 0.547. The highest BCUT2D eigenvalue weighted by molar-refractivity contribution is 9.10. The maximum atomic E-state index is 13.0. The first-order chi connectivity index (χ1) is 11.8. The number of hydrogen-bond acceptors (Lipinski definition) is 2. The van der Waals surface area contributed by atoms with Crippen molar-refractivity contribution in [3.05, 3.63) is 65.2 Å². The Labute approximate surface area is 157 Å². The molecule has 25 heavy (non-hydrogen) atoms. The number of nitrogens with zero attached hydrogens (tertiary/aromatic N) is 1. The fourth-order valence-corrected chi connectivity index (χ4v) is 3.59. The Hall–Kier alpha value is -1.94. The molecule has 0 spiro atoms. The van der Waals surface area contributed by atoms with Crippen molar-refractivity contribution >= 4 is 33.3 Å². The van der Waals surface area contributed by atoms with Crippen LogP contribution in [-0.4, -0.2) is 23.1 Å². The predicted octanol–water partition coefficient (Wildman–Crippen LogP) is 4.52. The number of rotatable bonds is 5. The first kappa shape index (κ1) is 17.9. The normalized spacial score (nSPS) is 16.6. The molecule has 3 rings (SSSR count). The lowest BCUT2D eigenvalue weighted by Gasteiger charge is -2.20. The van der Waals surface area contributed by atoms with Crippen LogP contribution in [-0.2, 0) is 16.6 Å². The van der Waals surface area contributed by atoms with Gasteiger partial charge in [-0.05, 0) is 56.5 Å². The van der Waals surface area contributed by atoms with Crippen LogP contribution >= 0.6 is 15.9 Å². The molecule has 0 bridgehead atoms. The Balaban J connectivity index is 1.91. The predicted molar refractivity (Wildman–Crippen MR) is 105 cm³/mol. The highest BCUT2D eigenvalue weighted by atomic mass is 79.9. The molecule has 1 aliphatic heterocycles. The van der Waals surface area contributed by atoms with E-state index in [1.165, 1.54) is 5.56 Å². The van der Waals surface area contributed by atoms with Crippen LogP contribution in [0.25, 0.3) is 0 Å². The monoisotopic (exact) mass is 399 g/mol. The largest absolute Gasteiger partial charge is 0.311 e. The summed E-state index contributed by atoms with van der Waals surface area (Å²) in [6, 6.07) is 15.8. The average Bonchev–Trinajstić information content (AvgIpc) is 2.79. The molecule has 3 nitrogen and oxygen atoms in total. The number of carbonyl (C=O) groups excluding carboxylic acids is 2. The van der Waals surface area contributed by atoms with Crippen LogP contribution in [0.5, 0.6) is 0 Å². The summed E-state index contributed by atoms with van der Waals surface area (Å²) in [7, 11) is 0. The van der Waals surface area contributed by atoms with E-state index in [1.54, 1.807) is 0 Å². The second-order valence-corrected chi connectivity index (χ2v) is 8.40. The van der Waals surface area contributed by atoms with E-state index in [2.05, 4.69) is 28.1 Å². The van der Waals surface area contributed by atoms with Crippen molar-refractivity contribution in [1.82, 2.24) is 0 Å². The number of ketones is 1. The summed E-state index contributed by atoms with van der Waals surface area (Å²) in [6.07, 6.45) is 0.807. The van der Waals surface area contributed by atoms with Gasteiger partial charge in [-0.2, -0.15) is 0 Å². The summed E-state index contributed by atoms with van der Waals surface area (Å²) < 4.78 is 0. The molecular formula is C21H22BrNO2. The maximum Gasteiger partial charge on any atom is 0.237 e. The van der Waals surface area contributed by atoms with Crippen molar-refractivity contribution in [2.24, 2.45) is 0 Å². The van der Waals surface area contributed by atoms with Gasteiger partial charge < -0.3 is 4.90 Å². The van der Waals surface area contributed by atoms with Crippen LogP contribution in [0, 0.1) is 0 Å². The smallest absolute Gasteiger partial charge is 0.237 e. The van der Waals surface area contributed by atoms with Gasteiger partial charge in [0.25, 0.3) is 0 Å². The van der Waals surface area contributed by atoms with E-state index in [9.17, 15) is 9.59 Å². The standard InChI is InChI=1S/C21H22BrNO2/c1-14(22)19(24)16-9-10-18-17(13-16)21(2,3)20(25)23(18)12-11-15-7-5-4-6-8-15/h4-10,13-14H,11-12H2,1-3H3. The van der Waals surface area contributed by atoms with Crippen LogP contribution in [0.1, 0.15) is 42.3 Å². The third-order valence-electron chi connectivity index (χ3n) is 4.85. The van der Waals surface area contributed by atoms with Gasteiger partial charge in [0, 0.05) is 17.8 Å². The lowest BCUT2D eigenvalue weighted by atomic mass is 9.85. The number of anilines is 1. The molecule has 1 atom stereocenters. The van der Waals surface area contributed by atoms with Gasteiger partial charge in [0.1, 0.15) is 0 Å². The van der Waals surface area contributed by atoms with Crippen LogP contribution in [0.3, 0.4) is 0 Å². The number of alkyl halides is 1. The second-order valence-electron chi connectivity index (χ2n) is 7.03. The van der Waals surface area contributed by atoms with Gasteiger partial charge in [-0.25, -0.2) is 0 Å². The molecule has 0 saturated heterocycles. The molecule has 1 unspecified atom stereocenters. The zero-order valence-corrected chi connectivity index (χ0v) is 16.3. The third kappa shape index (κ3) is 3.28. The van der Waals surface area contributed by atoms with Crippen molar-refractivity contribution in [2.45, 2.75) is 37.4 Å². The van der Waals surface area contributed by atoms with E-state index in [0.717, 1.165) is 17.7 Å². The first-order valence-electron chi connectivity index (χ1n) is 8.51. The van der Waals surface area contributed by atoms with Crippen LogP contribution in [0.4, 0.5) is 5.69 Å². The molecule has 130 valence electrons. The van der Waals surface area contributed by atoms with E-state index in [1.807, 2.05) is 62.1 Å². The fraction of sp³-hybridized carbons (Fsp3) is 0.333. The lowest BCUT2D eigenvalue weighted by molar-refractivity contribution is -0.122. The molecule has 0 saturated carbocycles. The van der Waals surface area contributed by atoms with E-state index in [-0.39, 0.29) is 16.5 Å². The summed E-state index contributed by atoms with van der Waals surface area (Å²) in [6.45, 7) is 6.32. The highest BCUT2D eigenvalue weighted by Crippen LogP contribution is 2.42. The fourth-order valence-electron chi connectivity index (χ4n) is 3.32. The van der Waals surface area contributed by atoms with E-state index < -0.39 is 5.41 Å². The molecule has 0 N–H and O–H groups in total. The minimum absolute atomic E-state index is 0.0359. The summed E-state index contributed by atoms with van der Waals surface area (Å²) in [4.78, 5) is 26.9. The van der Waals surface area contributed by atoms with Gasteiger partial charge in [-0.1, -0.05) is 46.3 Å². The molecule has 1 heterocycles. The lowest BCUT2D eigenvalue weighted by Crippen LogP contribution is -2.37. The topological polar surface area (TPSA) is 37.4 Å². The van der Waals surface area contributed by atoms with Gasteiger partial charge >= 0.3 is 0 Å². The number of carbonyl (C=O) groups is 2. The van der Waals surface area contributed by atoms with Gasteiger partial charge in [0.15, 0.2) is 5.78 Å². The van der Waals surface area contributed by atoms with Crippen molar-refractivity contribution in [3.63, 3.8) is 0 Å². The Morgan fingerprint density at radius 2 is 1.84 bits per heavy atom. The number of fused-ring (bicyclic) bond motifs is 1. The van der Waals surface area contributed by atoms with Crippen molar-refractivity contribution < 1.29 is 9.59 Å². The van der Waals surface area contributed by atoms with Gasteiger partial charge in [-0.15, -0.1) is 0 Å². The third-order valence-corrected chi connectivity index (χ3v) is 5.27. The minimum Gasteiger partial charge on any atom is -0.311 e. The van der Waals surface area contributed by atoms with E-state index in [0.29, 0.717) is 12.1 Å². The number of Topliss-reactive ketones (excluding diaryl/α,β-unsaturated/α-hetero) is 1. The Kier molecular flexibility index (Phi) is 4.83. The molecule has 0 aliphatic carbocycles. The highest BCUT2D eigenvalue weighted by Gasteiger charge is 2.43. The zero-order valence-electron chi connectivity index (χ0n) is 14.8. The number of halogens is 1. The summed E-state index contributed by atoms with van der Waals surface area (Å²) in [5, 5.41) is 0. The van der Waals surface area contributed by atoms with Crippen LogP contribution < -0.4 is 4.90 Å². The molecule has 0 radical (unpaired) electrons. The molecule has 1 amide bonds. The van der Waals surface area contributed by atoms with Gasteiger partial charge in [-0.3, -0.25) is 9.59 Å². The molecule has 0 fully saturated rings. The van der Waals surface area contributed by atoms with Gasteiger partial charge in [0.2, 0.25) is 5.91 Å². The molecule has 4 heteroatoms. The number of benzene rings is 2. The van der Waals surface area contributed by atoms with Crippen molar-refractivity contribution in [1.29, 1.82) is 0 Å². The van der Waals surface area contributed by atoms with Crippen LogP contribution in [0.15, 0.2) is 48.5 Å². The number of amides is 1. The van der Waals surface area contributed by atoms with E-state index >= 15 is 0 Å². The SMILES string of the molecule is CC(Br)C(=O)c1ccc2c(c1)C(C)(C)C(=O)N2CCc1ccccc1. The first-order valence-corrected chi connectivity index (χ1v) is 9.42. The summed E-state index contributed by atoms with van der Waals surface area (Å²) >= 11 is 3.33. The minimum atomic E-state index is -0.613. The molecule has 0 aromatic heterocycles. The Morgan fingerprint density at radius 1 is 1.16 bits per heavy atom. The Bertz CT molecular complexity index is 812. The zero-order chi connectivity index (χ0) is 18.2. The summed E-state index contributed by atoms with van der Waals surface area (Å²) in [5.41, 5.74) is 3.10. The van der Waals surface area contributed by atoms with Crippen molar-refractivity contribution in [3.8, 4) is 0 Å². The Morgan fingerprint density at radius 3 is 2.48 bits per heavy atom. The maximum absolute atomic E-state index is 13.0. The summed E-state index contributed by atoms with van der Waals surface area (Å²) in [5.74, 6) is 0.128. The molecule has 2 aromatic rings. The molecule has 1 aliphatic rings. The van der Waals surface area contributed by atoms with E-state index in [4.69, 9.17) is 0 Å². The van der Waals surface area contributed by atoms with Crippen LogP contribution in [0.2, 0.25) is 0 Å². The second kappa shape index (κ2) is 6.75.